The van der Waals surface area contributed by atoms with Crippen molar-refractivity contribution < 1.29 is 0 Å². The number of aliphatic imine (C=N–C) groups is 1. The zero-order valence-electron chi connectivity index (χ0n) is 15.4. The van der Waals surface area contributed by atoms with Crippen molar-refractivity contribution in [2.75, 3.05) is 20.1 Å². The van der Waals surface area contributed by atoms with Gasteiger partial charge in [0.05, 0.1) is 0 Å². The normalized spacial score (nSPS) is 16.0. The summed E-state index contributed by atoms with van der Waals surface area (Å²) >= 11 is 0. The molecule has 26 heavy (non-hydrogen) atoms. The van der Waals surface area contributed by atoms with E-state index in [2.05, 4.69) is 57.0 Å². The molecule has 1 aromatic heterocycles. The fourth-order valence-electron chi connectivity index (χ4n) is 3.76. The molecule has 0 saturated heterocycles. The van der Waals surface area contributed by atoms with Gasteiger partial charge in [0.1, 0.15) is 0 Å². The first kappa shape index (κ1) is 20.7. The van der Waals surface area contributed by atoms with Crippen LogP contribution in [0.3, 0.4) is 0 Å². The number of aromatic nitrogens is 1. The van der Waals surface area contributed by atoms with Crippen molar-refractivity contribution in [1.29, 1.82) is 0 Å². The molecule has 0 unspecified atom stereocenters. The number of rotatable bonds is 6. The first-order chi connectivity index (χ1) is 12.3. The van der Waals surface area contributed by atoms with Gasteiger partial charge in [0.15, 0.2) is 5.96 Å². The van der Waals surface area contributed by atoms with Crippen molar-refractivity contribution >= 4 is 29.9 Å². The molecule has 3 rings (SSSR count). The van der Waals surface area contributed by atoms with Crippen LogP contribution in [-0.2, 0) is 11.8 Å². The van der Waals surface area contributed by atoms with E-state index < -0.39 is 0 Å². The molecule has 1 fully saturated rings. The fourth-order valence-corrected chi connectivity index (χ4v) is 3.76. The summed E-state index contributed by atoms with van der Waals surface area (Å²) in [6.07, 6.45) is 9.78. The number of hydrogen-bond acceptors (Lipinski definition) is 2. The van der Waals surface area contributed by atoms with Crippen LogP contribution in [0.5, 0.6) is 0 Å². The van der Waals surface area contributed by atoms with Crippen LogP contribution >= 0.6 is 24.0 Å². The van der Waals surface area contributed by atoms with E-state index in [4.69, 9.17) is 0 Å². The van der Waals surface area contributed by atoms with Crippen LogP contribution in [0.15, 0.2) is 59.9 Å². The molecule has 0 spiro atoms. The van der Waals surface area contributed by atoms with Crippen LogP contribution in [0.4, 0.5) is 0 Å². The van der Waals surface area contributed by atoms with E-state index in [1.54, 1.807) is 0 Å². The van der Waals surface area contributed by atoms with Crippen molar-refractivity contribution in [3.63, 3.8) is 0 Å². The van der Waals surface area contributed by atoms with Crippen LogP contribution in [0.25, 0.3) is 0 Å². The maximum atomic E-state index is 4.38. The summed E-state index contributed by atoms with van der Waals surface area (Å²) in [6, 6.07) is 15.0. The fraction of sp³-hybridized carbons (Fsp3) is 0.429. The van der Waals surface area contributed by atoms with Crippen LogP contribution in [0.1, 0.15) is 36.8 Å². The number of pyridine rings is 1. The van der Waals surface area contributed by atoms with E-state index >= 15 is 0 Å². The quantitative estimate of drug-likeness (QED) is 0.387. The lowest BCUT2D eigenvalue weighted by Gasteiger charge is -2.30. The first-order valence-corrected chi connectivity index (χ1v) is 9.21. The van der Waals surface area contributed by atoms with Gasteiger partial charge in [-0.25, -0.2) is 0 Å². The van der Waals surface area contributed by atoms with Crippen molar-refractivity contribution in [2.45, 2.75) is 37.5 Å². The number of hydrogen-bond donors (Lipinski definition) is 2. The Bertz CT molecular complexity index is 667. The van der Waals surface area contributed by atoms with Crippen molar-refractivity contribution in [3.8, 4) is 0 Å². The van der Waals surface area contributed by atoms with Crippen LogP contribution in [-0.4, -0.2) is 31.1 Å². The average Bonchev–Trinajstić information content (AvgIpc) is 3.16. The Morgan fingerprint density at radius 3 is 2.50 bits per heavy atom. The maximum Gasteiger partial charge on any atom is 0.191 e. The second kappa shape index (κ2) is 10.5. The minimum absolute atomic E-state index is 0. The van der Waals surface area contributed by atoms with E-state index in [0.29, 0.717) is 0 Å². The second-order valence-corrected chi connectivity index (χ2v) is 6.82. The Hall–Kier alpha value is -1.63. The van der Waals surface area contributed by atoms with Gasteiger partial charge in [-0.2, -0.15) is 0 Å². The Balaban J connectivity index is 0.00000243. The van der Waals surface area contributed by atoms with Gasteiger partial charge in [0.2, 0.25) is 0 Å². The van der Waals surface area contributed by atoms with Gasteiger partial charge in [0.25, 0.3) is 0 Å². The summed E-state index contributed by atoms with van der Waals surface area (Å²) in [4.78, 5) is 8.54. The number of guanidine groups is 1. The molecule has 2 aromatic rings. The predicted octanol–water partition coefficient (Wildman–Crippen LogP) is 3.92. The summed E-state index contributed by atoms with van der Waals surface area (Å²) in [5.74, 6) is 0.881. The van der Waals surface area contributed by atoms with Gasteiger partial charge in [-0.15, -0.1) is 24.0 Å². The molecule has 1 aliphatic rings. The molecule has 1 aliphatic carbocycles. The summed E-state index contributed by atoms with van der Waals surface area (Å²) in [5, 5.41) is 6.98. The molecule has 140 valence electrons. The Morgan fingerprint density at radius 2 is 1.85 bits per heavy atom. The Labute approximate surface area is 173 Å². The highest BCUT2D eigenvalue weighted by Crippen LogP contribution is 2.40. The molecule has 0 atom stereocenters. The lowest BCUT2D eigenvalue weighted by molar-refractivity contribution is 0.432. The number of nitrogens with one attached hydrogen (secondary N) is 2. The van der Waals surface area contributed by atoms with Gasteiger partial charge in [0, 0.05) is 37.9 Å². The topological polar surface area (TPSA) is 49.3 Å². The van der Waals surface area contributed by atoms with E-state index in [-0.39, 0.29) is 29.4 Å². The largest absolute Gasteiger partial charge is 0.356 e. The van der Waals surface area contributed by atoms with Crippen LogP contribution < -0.4 is 10.6 Å². The van der Waals surface area contributed by atoms with Gasteiger partial charge in [-0.3, -0.25) is 9.98 Å². The highest BCUT2D eigenvalue weighted by atomic mass is 127. The third-order valence-electron chi connectivity index (χ3n) is 5.19. The molecule has 0 aliphatic heterocycles. The third-order valence-corrected chi connectivity index (χ3v) is 5.19. The lowest BCUT2D eigenvalue weighted by Crippen LogP contribution is -2.45. The van der Waals surface area contributed by atoms with Gasteiger partial charge >= 0.3 is 0 Å². The summed E-state index contributed by atoms with van der Waals surface area (Å²) in [7, 11) is 1.84. The highest BCUT2D eigenvalue weighted by molar-refractivity contribution is 14.0. The summed E-state index contributed by atoms with van der Waals surface area (Å²) in [5.41, 5.74) is 2.93. The monoisotopic (exact) mass is 464 g/mol. The standard InChI is InChI=1S/C21H28N4.HI/c1-22-20(24-15-11-18-8-7-14-23-16-18)25-17-21(12-5-6-13-21)19-9-3-2-4-10-19;/h2-4,7-10,14,16H,5-6,11-13,15,17H2,1H3,(H2,22,24,25);1H. The zero-order chi connectivity index (χ0) is 17.4. The molecule has 1 saturated carbocycles. The molecule has 1 heterocycles. The Kier molecular flexibility index (Phi) is 8.35. The first-order valence-electron chi connectivity index (χ1n) is 9.21. The van der Waals surface area contributed by atoms with Crippen molar-refractivity contribution in [2.24, 2.45) is 4.99 Å². The molecule has 4 nitrogen and oxygen atoms in total. The predicted molar refractivity (Wildman–Crippen MR) is 119 cm³/mol. The van der Waals surface area contributed by atoms with Gasteiger partial charge in [-0.1, -0.05) is 49.2 Å². The Morgan fingerprint density at radius 1 is 1.08 bits per heavy atom. The van der Waals surface area contributed by atoms with Crippen molar-refractivity contribution in [3.05, 3.63) is 66.0 Å². The molecule has 0 amide bonds. The molecule has 0 radical (unpaired) electrons. The number of nitrogens with zero attached hydrogens (tertiary/aromatic N) is 2. The smallest absolute Gasteiger partial charge is 0.191 e. The van der Waals surface area contributed by atoms with E-state index in [1.165, 1.54) is 36.8 Å². The van der Waals surface area contributed by atoms with Crippen molar-refractivity contribution in [1.82, 2.24) is 15.6 Å². The summed E-state index contributed by atoms with van der Waals surface area (Å²) in [6.45, 7) is 1.79. The van der Waals surface area contributed by atoms with Gasteiger partial charge in [-0.05, 0) is 36.5 Å². The van der Waals surface area contributed by atoms with E-state index in [0.717, 1.165) is 25.5 Å². The van der Waals surface area contributed by atoms with E-state index in [1.807, 2.05) is 25.5 Å². The second-order valence-electron chi connectivity index (χ2n) is 6.82. The minimum atomic E-state index is 0. The third kappa shape index (κ3) is 5.43. The number of benzene rings is 1. The zero-order valence-corrected chi connectivity index (χ0v) is 17.8. The molecule has 2 N–H and O–H groups in total. The van der Waals surface area contributed by atoms with Crippen LogP contribution in [0.2, 0.25) is 0 Å². The van der Waals surface area contributed by atoms with E-state index in [9.17, 15) is 0 Å². The molecule has 1 aromatic carbocycles. The lowest BCUT2D eigenvalue weighted by atomic mass is 9.79. The summed E-state index contributed by atoms with van der Waals surface area (Å²) < 4.78 is 0. The van der Waals surface area contributed by atoms with Gasteiger partial charge < -0.3 is 10.6 Å². The number of halogens is 1. The molecule has 0 bridgehead atoms. The SMILES string of the molecule is CN=C(NCCc1cccnc1)NCC1(c2ccccc2)CCCC1.I. The van der Waals surface area contributed by atoms with Crippen LogP contribution in [0, 0.1) is 0 Å². The highest BCUT2D eigenvalue weighted by Gasteiger charge is 2.35. The average molecular weight is 464 g/mol. The molecular formula is C21H29IN4. The molecule has 5 heteroatoms. The maximum absolute atomic E-state index is 4.38. The minimum Gasteiger partial charge on any atom is -0.356 e. The molecular weight excluding hydrogens is 435 g/mol.